The molecule has 0 unspecified atom stereocenters. The Kier molecular flexibility index (Phi) is 7.21. The Morgan fingerprint density at radius 1 is 1.36 bits per heavy atom. The summed E-state index contributed by atoms with van der Waals surface area (Å²) < 4.78 is 0. The van der Waals surface area contributed by atoms with Gasteiger partial charge in [-0.15, -0.1) is 0 Å². The molecule has 66 valence electrons. The molecule has 1 aliphatic carbocycles. The second-order valence-corrected chi connectivity index (χ2v) is 3.05. The zero-order valence-electron chi connectivity index (χ0n) is 7.38. The summed E-state index contributed by atoms with van der Waals surface area (Å²) in [5.41, 5.74) is 4.17. The van der Waals surface area contributed by atoms with Crippen LogP contribution in [0.1, 0.15) is 45.4 Å². The van der Waals surface area contributed by atoms with E-state index >= 15 is 0 Å². The highest BCUT2D eigenvalue weighted by Crippen LogP contribution is 2.25. The highest BCUT2D eigenvalue weighted by atomic mass is 16.1. The molecule has 0 aromatic rings. The molecule has 2 nitrogen and oxygen atoms in total. The van der Waals surface area contributed by atoms with Gasteiger partial charge in [0.1, 0.15) is 0 Å². The maximum absolute atomic E-state index is 8.58. The van der Waals surface area contributed by atoms with Crippen LogP contribution in [-0.2, 0) is 4.79 Å². The number of rotatable bonds is 1. The highest BCUT2D eigenvalue weighted by molar-refractivity contribution is 5.42. The van der Waals surface area contributed by atoms with Crippen molar-refractivity contribution in [3.63, 3.8) is 0 Å². The summed E-state index contributed by atoms with van der Waals surface area (Å²) in [4.78, 5) is 8.58. The summed E-state index contributed by atoms with van der Waals surface area (Å²) in [5, 5.41) is 0. The van der Waals surface area contributed by atoms with Crippen LogP contribution in [-0.4, -0.2) is 6.41 Å². The van der Waals surface area contributed by atoms with Gasteiger partial charge >= 0.3 is 0 Å². The molecule has 0 spiro atoms. The molecule has 1 saturated carbocycles. The van der Waals surface area contributed by atoms with Crippen LogP contribution in [0.3, 0.4) is 0 Å². The number of primary amides is 1. The molecule has 2 N–H and O–H groups in total. The molecule has 0 bridgehead atoms. The first-order valence-electron chi connectivity index (χ1n) is 4.50. The van der Waals surface area contributed by atoms with Gasteiger partial charge in [-0.25, -0.2) is 0 Å². The molecular formula is C9H19NO. The lowest BCUT2D eigenvalue weighted by Gasteiger charge is -2.18. The maximum atomic E-state index is 8.58. The zero-order valence-corrected chi connectivity index (χ0v) is 7.38. The number of hydrogen-bond donors (Lipinski definition) is 1. The Bertz CT molecular complexity index is 87.6. The van der Waals surface area contributed by atoms with E-state index in [4.69, 9.17) is 4.79 Å². The minimum atomic E-state index is 0.250. The average molecular weight is 157 g/mol. The standard InChI is InChI=1S/C8H16.CH3NO/c1-2-8-6-4-3-5-7-8;2-1-3/h8H,2-7H2,1H3;1H,(H2,2,3). The van der Waals surface area contributed by atoms with Crippen LogP contribution in [0, 0.1) is 5.92 Å². The summed E-state index contributed by atoms with van der Waals surface area (Å²) in [7, 11) is 0. The van der Waals surface area contributed by atoms with Crippen LogP contribution in [0.15, 0.2) is 0 Å². The summed E-state index contributed by atoms with van der Waals surface area (Å²) in [5.74, 6) is 1.09. The highest BCUT2D eigenvalue weighted by Gasteiger charge is 2.09. The van der Waals surface area contributed by atoms with Crippen LogP contribution in [0.2, 0.25) is 0 Å². The van der Waals surface area contributed by atoms with E-state index in [1.54, 1.807) is 0 Å². The topological polar surface area (TPSA) is 43.1 Å². The third kappa shape index (κ3) is 5.89. The van der Waals surface area contributed by atoms with Crippen LogP contribution in [0.5, 0.6) is 0 Å². The van der Waals surface area contributed by atoms with Gasteiger partial charge in [-0.3, -0.25) is 4.79 Å². The number of carbonyl (C=O) groups excluding carboxylic acids is 1. The van der Waals surface area contributed by atoms with Crippen molar-refractivity contribution < 1.29 is 4.79 Å². The third-order valence-corrected chi connectivity index (χ3v) is 2.30. The van der Waals surface area contributed by atoms with Crippen molar-refractivity contribution in [3.05, 3.63) is 0 Å². The second-order valence-electron chi connectivity index (χ2n) is 3.05. The summed E-state index contributed by atoms with van der Waals surface area (Å²) >= 11 is 0. The molecule has 0 atom stereocenters. The molecule has 11 heavy (non-hydrogen) atoms. The molecule has 0 aromatic heterocycles. The Labute approximate surface area is 69.2 Å². The van der Waals surface area contributed by atoms with E-state index in [1.165, 1.54) is 38.5 Å². The van der Waals surface area contributed by atoms with Gasteiger partial charge in [0, 0.05) is 0 Å². The monoisotopic (exact) mass is 157 g/mol. The first-order chi connectivity index (χ1) is 5.35. The van der Waals surface area contributed by atoms with Gasteiger partial charge in [0.05, 0.1) is 0 Å². The Morgan fingerprint density at radius 2 is 1.82 bits per heavy atom. The second kappa shape index (κ2) is 7.58. The van der Waals surface area contributed by atoms with Crippen LogP contribution in [0.25, 0.3) is 0 Å². The van der Waals surface area contributed by atoms with Crippen molar-refractivity contribution in [2.45, 2.75) is 45.4 Å². The number of hydrogen-bond acceptors (Lipinski definition) is 1. The molecule has 0 aliphatic heterocycles. The molecule has 1 fully saturated rings. The van der Waals surface area contributed by atoms with Crippen LogP contribution in [0.4, 0.5) is 0 Å². The molecule has 1 amide bonds. The number of nitrogens with two attached hydrogens (primary N) is 1. The summed E-state index contributed by atoms with van der Waals surface area (Å²) in [6, 6.07) is 0. The third-order valence-electron chi connectivity index (χ3n) is 2.30. The first-order valence-corrected chi connectivity index (χ1v) is 4.50. The molecule has 0 saturated heterocycles. The van der Waals surface area contributed by atoms with Crippen LogP contribution >= 0.6 is 0 Å². The van der Waals surface area contributed by atoms with Gasteiger partial charge in [-0.05, 0) is 5.92 Å². The number of carbonyl (C=O) groups is 1. The molecular weight excluding hydrogens is 138 g/mol. The minimum Gasteiger partial charge on any atom is -0.372 e. The molecule has 1 rings (SSSR count). The Hall–Kier alpha value is -0.530. The van der Waals surface area contributed by atoms with Crippen LogP contribution < -0.4 is 5.73 Å². The lowest BCUT2D eigenvalue weighted by molar-refractivity contribution is -0.106. The molecule has 1 aliphatic rings. The van der Waals surface area contributed by atoms with Crippen molar-refractivity contribution in [3.8, 4) is 0 Å². The van der Waals surface area contributed by atoms with Gasteiger partial charge in [-0.2, -0.15) is 0 Å². The van der Waals surface area contributed by atoms with Crippen molar-refractivity contribution in [2.75, 3.05) is 0 Å². The fourth-order valence-electron chi connectivity index (χ4n) is 1.60. The first kappa shape index (κ1) is 10.5. The van der Waals surface area contributed by atoms with E-state index in [-0.39, 0.29) is 6.41 Å². The van der Waals surface area contributed by atoms with Gasteiger partial charge in [0.2, 0.25) is 6.41 Å². The normalized spacial score (nSPS) is 18.3. The lowest BCUT2D eigenvalue weighted by Crippen LogP contribution is -2.03. The Balaban J connectivity index is 0.000000292. The maximum Gasteiger partial charge on any atom is 0.204 e. The van der Waals surface area contributed by atoms with E-state index < -0.39 is 0 Å². The predicted molar refractivity (Wildman–Crippen MR) is 47.1 cm³/mol. The largest absolute Gasteiger partial charge is 0.372 e. The molecule has 2 heteroatoms. The predicted octanol–water partition coefficient (Wildman–Crippen LogP) is 2.08. The van der Waals surface area contributed by atoms with Crippen molar-refractivity contribution in [2.24, 2.45) is 11.7 Å². The minimum absolute atomic E-state index is 0.250. The van der Waals surface area contributed by atoms with Gasteiger partial charge in [0.15, 0.2) is 0 Å². The molecule has 0 heterocycles. The Morgan fingerprint density at radius 3 is 2.09 bits per heavy atom. The zero-order chi connectivity index (χ0) is 8.53. The van der Waals surface area contributed by atoms with E-state index in [0.717, 1.165) is 5.92 Å². The van der Waals surface area contributed by atoms with E-state index in [1.807, 2.05) is 0 Å². The van der Waals surface area contributed by atoms with Gasteiger partial charge in [-0.1, -0.05) is 45.4 Å². The molecule has 0 aromatic carbocycles. The van der Waals surface area contributed by atoms with Gasteiger partial charge in [0.25, 0.3) is 0 Å². The van der Waals surface area contributed by atoms with Crippen molar-refractivity contribution >= 4 is 6.41 Å². The smallest absolute Gasteiger partial charge is 0.204 e. The summed E-state index contributed by atoms with van der Waals surface area (Å²) in [6.45, 7) is 2.32. The average Bonchev–Trinajstić information content (AvgIpc) is 2.08. The summed E-state index contributed by atoms with van der Waals surface area (Å²) in [6.07, 6.45) is 9.18. The van der Waals surface area contributed by atoms with E-state index in [0.29, 0.717) is 0 Å². The van der Waals surface area contributed by atoms with E-state index in [2.05, 4.69) is 12.7 Å². The van der Waals surface area contributed by atoms with E-state index in [9.17, 15) is 0 Å². The quantitative estimate of drug-likeness (QED) is 0.582. The number of amides is 1. The SMILES string of the molecule is CCC1CCCCC1.NC=O. The van der Waals surface area contributed by atoms with Gasteiger partial charge < -0.3 is 5.73 Å². The molecule has 0 radical (unpaired) electrons. The fraction of sp³-hybridized carbons (Fsp3) is 0.889. The van der Waals surface area contributed by atoms with Crippen molar-refractivity contribution in [1.82, 2.24) is 0 Å². The lowest BCUT2D eigenvalue weighted by atomic mass is 9.88. The van der Waals surface area contributed by atoms with Crippen molar-refractivity contribution in [1.29, 1.82) is 0 Å². The fourth-order valence-corrected chi connectivity index (χ4v) is 1.60.